The number of amides is 1. The zero-order valence-electron chi connectivity index (χ0n) is 16.7. The molecule has 0 aliphatic carbocycles. The Labute approximate surface area is 170 Å². The zero-order chi connectivity index (χ0) is 20.4. The Morgan fingerprint density at radius 2 is 2.14 bits per heavy atom. The highest BCUT2D eigenvalue weighted by atomic mass is 16.2. The van der Waals surface area contributed by atoms with Gasteiger partial charge in [0.2, 0.25) is 5.91 Å². The van der Waals surface area contributed by atoms with E-state index < -0.39 is 0 Å². The summed E-state index contributed by atoms with van der Waals surface area (Å²) in [6, 6.07) is 12.2. The van der Waals surface area contributed by atoms with Crippen LogP contribution < -0.4 is 16.0 Å². The van der Waals surface area contributed by atoms with E-state index in [4.69, 9.17) is 5.73 Å². The summed E-state index contributed by atoms with van der Waals surface area (Å²) < 4.78 is 1.85. The van der Waals surface area contributed by atoms with Crippen molar-refractivity contribution in [1.29, 1.82) is 0 Å². The normalized spacial score (nSPS) is 18.4. The van der Waals surface area contributed by atoms with Gasteiger partial charge in [0.15, 0.2) is 0 Å². The summed E-state index contributed by atoms with van der Waals surface area (Å²) >= 11 is 0. The number of hydrogen-bond donors (Lipinski definition) is 2. The Hall–Kier alpha value is -3.19. The summed E-state index contributed by atoms with van der Waals surface area (Å²) in [5.41, 5.74) is 9.77. The number of rotatable bonds is 5. The first-order chi connectivity index (χ1) is 14.1. The smallest absolute Gasteiger partial charge is 0.224 e. The van der Waals surface area contributed by atoms with E-state index in [1.54, 1.807) is 13.1 Å². The maximum absolute atomic E-state index is 12.3. The van der Waals surface area contributed by atoms with Crippen molar-refractivity contribution < 1.29 is 4.79 Å². The predicted octanol–water partition coefficient (Wildman–Crippen LogP) is 3.20. The van der Waals surface area contributed by atoms with Crippen molar-refractivity contribution in [3.63, 3.8) is 0 Å². The van der Waals surface area contributed by atoms with Crippen molar-refractivity contribution in [1.82, 2.24) is 14.8 Å². The van der Waals surface area contributed by atoms with Gasteiger partial charge in [-0.1, -0.05) is 12.1 Å². The maximum Gasteiger partial charge on any atom is 0.224 e. The van der Waals surface area contributed by atoms with Gasteiger partial charge in [-0.2, -0.15) is 5.10 Å². The molecule has 0 saturated heterocycles. The molecule has 4 rings (SSSR count). The largest absolute Gasteiger partial charge is 0.363 e. The van der Waals surface area contributed by atoms with Gasteiger partial charge in [-0.05, 0) is 48.7 Å². The van der Waals surface area contributed by atoms with Crippen LogP contribution in [0.1, 0.15) is 31.9 Å². The first kappa shape index (κ1) is 19.1. The van der Waals surface area contributed by atoms with Crippen LogP contribution >= 0.6 is 0 Å². The van der Waals surface area contributed by atoms with Crippen LogP contribution in [0.2, 0.25) is 0 Å². The molecule has 1 aromatic carbocycles. The van der Waals surface area contributed by atoms with Gasteiger partial charge in [0.25, 0.3) is 0 Å². The molecule has 0 fully saturated rings. The maximum atomic E-state index is 12.3. The van der Waals surface area contributed by atoms with E-state index >= 15 is 0 Å². The summed E-state index contributed by atoms with van der Waals surface area (Å²) in [6.07, 6.45) is 6.44. The Bertz CT molecular complexity index is 1000. The molecule has 0 spiro atoms. The van der Waals surface area contributed by atoms with Crippen LogP contribution in [0.5, 0.6) is 0 Å². The van der Waals surface area contributed by atoms with Crippen LogP contribution in [-0.2, 0) is 11.3 Å². The highest BCUT2D eigenvalue weighted by Crippen LogP contribution is 2.40. The van der Waals surface area contributed by atoms with Crippen LogP contribution in [0.25, 0.3) is 11.1 Å². The molecule has 1 aliphatic rings. The second-order valence-electron chi connectivity index (χ2n) is 7.44. The van der Waals surface area contributed by atoms with Crippen LogP contribution in [-0.4, -0.2) is 33.3 Å². The molecule has 1 aliphatic heterocycles. The van der Waals surface area contributed by atoms with Crippen LogP contribution in [0.4, 0.5) is 11.5 Å². The molecule has 3 N–H and O–H groups in total. The molecule has 0 unspecified atom stereocenters. The van der Waals surface area contributed by atoms with Gasteiger partial charge < -0.3 is 16.0 Å². The zero-order valence-corrected chi connectivity index (χ0v) is 16.7. The van der Waals surface area contributed by atoms with Gasteiger partial charge in [-0.25, -0.2) is 4.98 Å². The summed E-state index contributed by atoms with van der Waals surface area (Å²) in [5, 5.41) is 7.93. The molecule has 0 bridgehead atoms. The number of fused-ring (bicyclic) bond motifs is 1. The Morgan fingerprint density at radius 1 is 1.28 bits per heavy atom. The molecule has 3 heterocycles. The molecule has 29 heavy (non-hydrogen) atoms. The van der Waals surface area contributed by atoms with Crippen molar-refractivity contribution >= 4 is 17.4 Å². The van der Waals surface area contributed by atoms with Gasteiger partial charge in [0, 0.05) is 43.2 Å². The topological polar surface area (TPSA) is 89.1 Å². The first-order valence-corrected chi connectivity index (χ1v) is 9.91. The summed E-state index contributed by atoms with van der Waals surface area (Å²) in [6.45, 7) is 4.94. The fourth-order valence-corrected chi connectivity index (χ4v) is 4.05. The van der Waals surface area contributed by atoms with E-state index in [9.17, 15) is 4.79 Å². The summed E-state index contributed by atoms with van der Waals surface area (Å²) in [4.78, 5) is 18.6. The van der Waals surface area contributed by atoms with Gasteiger partial charge in [-0.15, -0.1) is 0 Å². The molecule has 1 amide bonds. The first-order valence-electron chi connectivity index (χ1n) is 9.91. The highest BCUT2D eigenvalue weighted by molar-refractivity contribution is 5.94. The van der Waals surface area contributed by atoms with E-state index in [1.807, 2.05) is 46.2 Å². The minimum atomic E-state index is 0.0542. The average molecular weight is 390 g/mol. The summed E-state index contributed by atoms with van der Waals surface area (Å²) in [7, 11) is 0. The second-order valence-corrected chi connectivity index (χ2v) is 7.44. The number of nitrogens with one attached hydrogen (secondary N) is 1. The highest BCUT2D eigenvalue weighted by Gasteiger charge is 2.32. The molecule has 150 valence electrons. The Morgan fingerprint density at radius 3 is 2.86 bits per heavy atom. The minimum Gasteiger partial charge on any atom is -0.363 e. The molecule has 7 nitrogen and oxygen atoms in total. The molecule has 7 heteroatoms. The quantitative estimate of drug-likeness (QED) is 0.698. The van der Waals surface area contributed by atoms with Crippen molar-refractivity contribution in [3.8, 4) is 11.1 Å². The van der Waals surface area contributed by atoms with Crippen LogP contribution in [0.15, 0.2) is 55.0 Å². The van der Waals surface area contributed by atoms with Gasteiger partial charge in [0.05, 0.1) is 18.8 Å². The SMILES string of the molecule is CC(=O)N1c2ccc(-c3cnn(CCN)c3)cc2[C@H](Nc2ccccn2)C[C@@H]1C. The van der Waals surface area contributed by atoms with E-state index in [0.717, 1.165) is 34.6 Å². The number of carbonyl (C=O) groups excluding carboxylic acids is 1. The lowest BCUT2D eigenvalue weighted by Gasteiger charge is -2.39. The third-order valence-corrected chi connectivity index (χ3v) is 5.33. The number of nitrogens with two attached hydrogens (primary N) is 1. The fraction of sp³-hybridized carbons (Fsp3) is 0.318. The van der Waals surface area contributed by atoms with E-state index in [0.29, 0.717) is 13.1 Å². The molecule has 0 saturated carbocycles. The number of hydrogen-bond acceptors (Lipinski definition) is 5. The number of benzene rings is 1. The molecular weight excluding hydrogens is 364 g/mol. The van der Waals surface area contributed by atoms with Gasteiger partial charge >= 0.3 is 0 Å². The van der Waals surface area contributed by atoms with Crippen molar-refractivity contribution in [2.45, 2.75) is 38.9 Å². The van der Waals surface area contributed by atoms with Crippen molar-refractivity contribution in [3.05, 3.63) is 60.6 Å². The average Bonchev–Trinajstić information content (AvgIpc) is 3.17. The van der Waals surface area contributed by atoms with Gasteiger partial charge in [-0.3, -0.25) is 9.48 Å². The van der Waals surface area contributed by atoms with Crippen molar-refractivity contribution in [2.24, 2.45) is 5.73 Å². The molecule has 2 atom stereocenters. The minimum absolute atomic E-state index is 0.0542. The number of aromatic nitrogens is 3. The number of carbonyl (C=O) groups is 1. The Kier molecular flexibility index (Phi) is 5.31. The van der Waals surface area contributed by atoms with Crippen LogP contribution in [0.3, 0.4) is 0 Å². The standard InChI is InChI=1S/C22H26N6O/c1-15-11-20(26-22-5-3-4-9-24-22)19-12-17(6-7-21(19)28(15)16(2)29)18-13-25-27(14-18)10-8-23/h3-7,9,12-15,20H,8,10-11,23H2,1-2H3,(H,24,26)/t15-,20+/m0/s1. The molecule has 2 aromatic heterocycles. The monoisotopic (exact) mass is 390 g/mol. The second kappa shape index (κ2) is 8.05. The van der Waals surface area contributed by atoms with Crippen LogP contribution in [0, 0.1) is 0 Å². The lowest BCUT2D eigenvalue weighted by molar-refractivity contribution is -0.117. The van der Waals surface area contributed by atoms with E-state index in [1.165, 1.54) is 0 Å². The third-order valence-electron chi connectivity index (χ3n) is 5.33. The molecular formula is C22H26N6O. The van der Waals surface area contributed by atoms with Crippen molar-refractivity contribution in [2.75, 3.05) is 16.8 Å². The van der Waals surface area contributed by atoms with E-state index in [2.05, 4.69) is 34.5 Å². The number of pyridine rings is 1. The number of anilines is 2. The lowest BCUT2D eigenvalue weighted by atomic mass is 9.89. The molecule has 0 radical (unpaired) electrons. The third kappa shape index (κ3) is 3.86. The summed E-state index contributed by atoms with van der Waals surface area (Å²) in [5.74, 6) is 0.881. The lowest BCUT2D eigenvalue weighted by Crippen LogP contribution is -2.43. The Balaban J connectivity index is 1.74. The van der Waals surface area contributed by atoms with E-state index in [-0.39, 0.29) is 18.0 Å². The van der Waals surface area contributed by atoms with Gasteiger partial charge in [0.1, 0.15) is 5.82 Å². The molecule has 3 aromatic rings. The fourth-order valence-electron chi connectivity index (χ4n) is 4.05. The number of nitrogens with zero attached hydrogens (tertiary/aromatic N) is 4. The predicted molar refractivity (Wildman–Crippen MR) is 115 cm³/mol.